The van der Waals surface area contributed by atoms with Crippen molar-refractivity contribution in [3.63, 3.8) is 0 Å². The molecule has 1 saturated heterocycles. The van der Waals surface area contributed by atoms with Crippen LogP contribution in [0.25, 0.3) is 0 Å². The number of benzene rings is 1. The van der Waals surface area contributed by atoms with Gasteiger partial charge in [0.05, 0.1) is 32.1 Å². The van der Waals surface area contributed by atoms with Crippen molar-refractivity contribution in [3.8, 4) is 5.75 Å². The number of hydrogen-bond donors (Lipinski definition) is 1. The molecule has 0 aliphatic carbocycles. The molecule has 1 heterocycles. The van der Waals surface area contributed by atoms with Crippen molar-refractivity contribution in [3.05, 3.63) is 23.8 Å². The third kappa shape index (κ3) is 4.59. The fraction of sp³-hybridized carbons (Fsp3) is 0.533. The number of methoxy groups -OCH3 is 1. The number of ether oxygens (including phenoxy) is 2. The second-order valence-corrected chi connectivity index (χ2v) is 5.02. The van der Waals surface area contributed by atoms with Crippen molar-refractivity contribution in [1.29, 1.82) is 0 Å². The van der Waals surface area contributed by atoms with Crippen LogP contribution in [0, 0.1) is 6.92 Å². The summed E-state index contributed by atoms with van der Waals surface area (Å²) in [5, 5.41) is 2.95. The predicted molar refractivity (Wildman–Crippen MR) is 78.2 cm³/mol. The van der Waals surface area contributed by atoms with Crippen molar-refractivity contribution in [1.82, 2.24) is 4.90 Å². The zero-order valence-corrected chi connectivity index (χ0v) is 13.4. The van der Waals surface area contributed by atoms with Gasteiger partial charge in [-0.2, -0.15) is 0 Å². The van der Waals surface area contributed by atoms with Crippen molar-refractivity contribution < 1.29 is 26.7 Å². The predicted octanol–water partition coefficient (Wildman–Crippen LogP) is -1.33. The maximum Gasteiger partial charge on any atom is 0.241 e. The molecule has 1 aromatic carbocycles. The zero-order valence-electron chi connectivity index (χ0n) is 12.7. The molecule has 1 amide bonds. The minimum atomic E-state index is -0.177. The molecule has 0 bridgehead atoms. The molecule has 1 aromatic rings. The first kappa shape index (κ1) is 17.8. The van der Waals surface area contributed by atoms with Gasteiger partial charge < -0.3 is 27.2 Å². The van der Waals surface area contributed by atoms with Gasteiger partial charge in [-0.1, -0.05) is 6.07 Å². The normalized spacial score (nSPS) is 16.7. The average Bonchev–Trinajstić information content (AvgIpc) is 2.47. The summed E-state index contributed by atoms with van der Waals surface area (Å²) in [6.07, 6.45) is 0. The first-order chi connectivity index (χ1) is 9.61. The van der Waals surface area contributed by atoms with Crippen LogP contribution in [0.15, 0.2) is 18.2 Å². The number of carbonyl (C=O) groups is 1. The Hall–Kier alpha value is -1.30. The lowest BCUT2D eigenvalue weighted by Crippen LogP contribution is -3.00. The van der Waals surface area contributed by atoms with E-state index in [2.05, 4.69) is 10.2 Å². The molecular formula is C15H22ClN2O3-. The number of carbonyl (C=O) groups excluding carboxylic acids is 1. The average molecular weight is 314 g/mol. The Morgan fingerprint density at radius 1 is 1.38 bits per heavy atom. The van der Waals surface area contributed by atoms with Gasteiger partial charge in [-0.15, -0.1) is 0 Å². The summed E-state index contributed by atoms with van der Waals surface area (Å²) < 4.78 is 10.6. The van der Waals surface area contributed by atoms with E-state index >= 15 is 0 Å². The molecule has 1 aliphatic heterocycles. The quantitative estimate of drug-likeness (QED) is 0.748. The summed E-state index contributed by atoms with van der Waals surface area (Å²) in [7, 11) is 1.60. The zero-order chi connectivity index (χ0) is 14.5. The molecular weight excluding hydrogens is 292 g/mol. The van der Waals surface area contributed by atoms with E-state index in [9.17, 15) is 4.79 Å². The van der Waals surface area contributed by atoms with Gasteiger partial charge in [-0.05, 0) is 31.5 Å². The summed E-state index contributed by atoms with van der Waals surface area (Å²) in [5.41, 5.74) is 1.80. The summed E-state index contributed by atoms with van der Waals surface area (Å²) in [5.74, 6) is 0.661. The number of rotatable bonds is 4. The van der Waals surface area contributed by atoms with Crippen molar-refractivity contribution >= 4 is 11.6 Å². The lowest BCUT2D eigenvalue weighted by Gasteiger charge is -2.31. The molecule has 1 unspecified atom stereocenters. The van der Waals surface area contributed by atoms with Crippen LogP contribution >= 0.6 is 0 Å². The molecule has 1 N–H and O–H groups in total. The van der Waals surface area contributed by atoms with Gasteiger partial charge in [-0.3, -0.25) is 9.69 Å². The summed E-state index contributed by atoms with van der Waals surface area (Å²) in [6, 6.07) is 5.57. The Balaban J connectivity index is 0.00000220. The van der Waals surface area contributed by atoms with Crippen LogP contribution in [0.3, 0.4) is 0 Å². The van der Waals surface area contributed by atoms with Crippen LogP contribution in [0.1, 0.15) is 12.5 Å². The van der Waals surface area contributed by atoms with Gasteiger partial charge in [0.1, 0.15) is 5.75 Å². The van der Waals surface area contributed by atoms with Crippen LogP contribution in [0.4, 0.5) is 5.69 Å². The Kier molecular flexibility index (Phi) is 6.95. The maximum atomic E-state index is 12.3. The van der Waals surface area contributed by atoms with E-state index in [4.69, 9.17) is 9.47 Å². The highest BCUT2D eigenvalue weighted by molar-refractivity contribution is 5.95. The second kappa shape index (κ2) is 8.22. The van der Waals surface area contributed by atoms with E-state index in [1.54, 1.807) is 7.11 Å². The minimum absolute atomic E-state index is 0. The summed E-state index contributed by atoms with van der Waals surface area (Å²) >= 11 is 0. The molecule has 0 spiro atoms. The molecule has 6 heteroatoms. The lowest BCUT2D eigenvalue weighted by molar-refractivity contribution is -0.122. The molecule has 1 fully saturated rings. The number of halogens is 1. The third-order valence-electron chi connectivity index (χ3n) is 3.59. The van der Waals surface area contributed by atoms with E-state index < -0.39 is 0 Å². The van der Waals surface area contributed by atoms with E-state index in [1.165, 1.54) is 0 Å². The molecule has 118 valence electrons. The van der Waals surface area contributed by atoms with Gasteiger partial charge in [0.2, 0.25) is 5.91 Å². The van der Waals surface area contributed by atoms with E-state index in [-0.39, 0.29) is 24.4 Å². The number of nitrogens with zero attached hydrogens (tertiary/aromatic N) is 1. The molecule has 21 heavy (non-hydrogen) atoms. The fourth-order valence-corrected chi connectivity index (χ4v) is 2.29. The highest BCUT2D eigenvalue weighted by Gasteiger charge is 2.23. The minimum Gasteiger partial charge on any atom is -1.00 e. The Bertz CT molecular complexity index is 476. The van der Waals surface area contributed by atoms with Crippen molar-refractivity contribution in [2.24, 2.45) is 0 Å². The van der Waals surface area contributed by atoms with Crippen LogP contribution in [0.5, 0.6) is 5.75 Å². The number of anilines is 1. The first-order valence-electron chi connectivity index (χ1n) is 6.89. The lowest BCUT2D eigenvalue weighted by atomic mass is 10.2. The number of morpholine rings is 1. The van der Waals surface area contributed by atoms with E-state index in [1.807, 2.05) is 32.0 Å². The van der Waals surface area contributed by atoms with Crippen LogP contribution in [-0.4, -0.2) is 50.3 Å². The van der Waals surface area contributed by atoms with E-state index in [0.717, 1.165) is 24.3 Å². The molecule has 2 rings (SSSR count). The van der Waals surface area contributed by atoms with Gasteiger partial charge in [0.25, 0.3) is 0 Å². The highest BCUT2D eigenvalue weighted by atomic mass is 35.5. The van der Waals surface area contributed by atoms with Crippen molar-refractivity contribution in [2.75, 3.05) is 38.7 Å². The van der Waals surface area contributed by atoms with Crippen LogP contribution in [0.2, 0.25) is 0 Å². The number of nitrogens with one attached hydrogen (secondary N) is 1. The monoisotopic (exact) mass is 313 g/mol. The van der Waals surface area contributed by atoms with Gasteiger partial charge >= 0.3 is 0 Å². The molecule has 0 aromatic heterocycles. The van der Waals surface area contributed by atoms with Gasteiger partial charge in [0.15, 0.2) is 0 Å². The van der Waals surface area contributed by atoms with E-state index in [0.29, 0.717) is 19.0 Å². The molecule has 1 aliphatic rings. The fourth-order valence-electron chi connectivity index (χ4n) is 2.29. The number of hydrogen-bond acceptors (Lipinski definition) is 4. The molecule has 1 atom stereocenters. The van der Waals surface area contributed by atoms with Crippen molar-refractivity contribution in [2.45, 2.75) is 19.9 Å². The smallest absolute Gasteiger partial charge is 0.241 e. The summed E-state index contributed by atoms with van der Waals surface area (Å²) in [6.45, 7) is 6.86. The van der Waals surface area contributed by atoms with Crippen LogP contribution in [-0.2, 0) is 9.53 Å². The maximum absolute atomic E-state index is 12.3. The second-order valence-electron chi connectivity index (χ2n) is 5.02. The number of aryl methyl sites for hydroxylation is 1. The van der Waals surface area contributed by atoms with Crippen LogP contribution < -0.4 is 22.5 Å². The Labute approximate surface area is 132 Å². The highest BCUT2D eigenvalue weighted by Crippen LogP contribution is 2.25. The SMILES string of the molecule is COc1ccc(C)cc1NC(=O)C(C)N1CCOCC1.[Cl-]. The molecule has 0 radical (unpaired) electrons. The first-order valence-corrected chi connectivity index (χ1v) is 6.89. The third-order valence-corrected chi connectivity index (χ3v) is 3.59. The van der Waals surface area contributed by atoms with Gasteiger partial charge in [-0.25, -0.2) is 0 Å². The topological polar surface area (TPSA) is 50.8 Å². The molecule has 0 saturated carbocycles. The summed E-state index contributed by atoms with van der Waals surface area (Å²) in [4.78, 5) is 14.5. The van der Waals surface area contributed by atoms with Gasteiger partial charge in [0, 0.05) is 13.1 Å². The largest absolute Gasteiger partial charge is 1.00 e. The standard InChI is InChI=1S/C15H22N2O3.ClH/c1-11-4-5-14(19-3)13(10-11)16-15(18)12(2)17-6-8-20-9-7-17;/h4-5,10,12H,6-9H2,1-3H3,(H,16,18);1H/p-1. The Morgan fingerprint density at radius 2 is 2.05 bits per heavy atom. The Morgan fingerprint density at radius 3 is 2.67 bits per heavy atom. The number of amides is 1. The molecule has 5 nitrogen and oxygen atoms in total.